The van der Waals surface area contributed by atoms with Crippen molar-refractivity contribution in [1.82, 2.24) is 9.80 Å². The maximum atomic E-state index is 13.1. The van der Waals surface area contributed by atoms with Gasteiger partial charge >= 0.3 is 5.97 Å². The number of piperazine rings is 1. The van der Waals surface area contributed by atoms with Crippen molar-refractivity contribution in [2.45, 2.75) is 45.8 Å². The molecule has 0 radical (unpaired) electrons. The molecule has 2 aliphatic rings. The number of hydrogen-bond acceptors (Lipinski definition) is 6. The molecule has 0 spiro atoms. The van der Waals surface area contributed by atoms with Crippen molar-refractivity contribution in [2.75, 3.05) is 33.3 Å². The Morgan fingerprint density at radius 2 is 1.61 bits per heavy atom. The Bertz CT molecular complexity index is 1390. The van der Waals surface area contributed by atoms with Crippen LogP contribution in [0.25, 0.3) is 0 Å². The minimum atomic E-state index is -0.505. The van der Waals surface area contributed by atoms with Crippen LogP contribution in [-0.2, 0) is 22.6 Å². The number of carbonyl (C=O) groups excluding carboxylic acids is 2. The highest BCUT2D eigenvalue weighted by Crippen LogP contribution is 2.42. The molecule has 3 aromatic carbocycles. The van der Waals surface area contributed by atoms with Gasteiger partial charge in [-0.25, -0.2) is 4.79 Å². The lowest BCUT2D eigenvalue weighted by molar-refractivity contribution is -0.133. The first-order chi connectivity index (χ1) is 19.9. The zero-order valence-corrected chi connectivity index (χ0v) is 24.1. The zero-order valence-electron chi connectivity index (χ0n) is 24.1. The molecule has 2 heterocycles. The summed E-state index contributed by atoms with van der Waals surface area (Å²) in [5, 5.41) is 10.8. The van der Waals surface area contributed by atoms with Gasteiger partial charge in [0.15, 0.2) is 0 Å². The number of aromatic hydroxyl groups is 1. The number of methoxy groups -OCH3 is 1. The number of phenolic OH excluding ortho intramolecular Hbond substituents is 1. The van der Waals surface area contributed by atoms with Gasteiger partial charge in [0.25, 0.3) is 0 Å². The topological polar surface area (TPSA) is 79.3 Å². The number of rotatable bonds is 9. The molecule has 1 fully saturated rings. The maximum absolute atomic E-state index is 13.1. The van der Waals surface area contributed by atoms with Crippen LogP contribution in [0.5, 0.6) is 11.5 Å². The van der Waals surface area contributed by atoms with E-state index in [0.29, 0.717) is 49.2 Å². The molecule has 7 nitrogen and oxygen atoms in total. The number of allylic oxidation sites excluding steroid dienone is 2. The standard InChI is InChI=1S/C34H38N2O5/c1-23(14-16-27-32(38)30-28(22-41-34(30)39)24(2)33(27)40-3)15-17-29(37)35-18-20-36(21-19-35)31(25-10-6-4-7-11-25)26-12-8-5-9-13-26/h4-14,31,38H,15-22H2,1-3H3. The number of benzene rings is 3. The molecular formula is C34H38N2O5. The van der Waals surface area contributed by atoms with E-state index >= 15 is 0 Å². The van der Waals surface area contributed by atoms with E-state index in [0.717, 1.165) is 24.2 Å². The van der Waals surface area contributed by atoms with Gasteiger partial charge in [0.1, 0.15) is 23.7 Å². The van der Waals surface area contributed by atoms with Gasteiger partial charge in [0.05, 0.1) is 13.2 Å². The zero-order chi connectivity index (χ0) is 28.9. The highest BCUT2D eigenvalue weighted by Gasteiger charge is 2.32. The van der Waals surface area contributed by atoms with Crippen molar-refractivity contribution in [2.24, 2.45) is 0 Å². The lowest BCUT2D eigenvalue weighted by Crippen LogP contribution is -2.49. The summed E-state index contributed by atoms with van der Waals surface area (Å²) in [6.45, 7) is 7.05. The summed E-state index contributed by atoms with van der Waals surface area (Å²) in [6.07, 6.45) is 3.46. The predicted molar refractivity (Wildman–Crippen MR) is 158 cm³/mol. The molecule has 0 saturated carbocycles. The minimum Gasteiger partial charge on any atom is -0.507 e. The van der Waals surface area contributed by atoms with Gasteiger partial charge in [-0.2, -0.15) is 0 Å². The molecule has 1 saturated heterocycles. The number of nitrogens with zero attached hydrogens (tertiary/aromatic N) is 2. The Hall–Kier alpha value is -4.10. The number of phenols is 1. The van der Waals surface area contributed by atoms with Crippen LogP contribution in [0.15, 0.2) is 72.3 Å². The summed E-state index contributed by atoms with van der Waals surface area (Å²) >= 11 is 0. The van der Waals surface area contributed by atoms with E-state index in [1.54, 1.807) is 7.11 Å². The minimum absolute atomic E-state index is 0.0766. The molecule has 1 amide bonds. The fourth-order valence-corrected chi connectivity index (χ4v) is 5.98. The van der Waals surface area contributed by atoms with E-state index in [4.69, 9.17) is 9.47 Å². The van der Waals surface area contributed by atoms with Gasteiger partial charge in [-0.1, -0.05) is 72.3 Å². The third-order valence-corrected chi connectivity index (χ3v) is 8.30. The Morgan fingerprint density at radius 1 is 1.00 bits per heavy atom. The molecule has 3 aromatic rings. The van der Waals surface area contributed by atoms with Crippen molar-refractivity contribution in [3.8, 4) is 11.5 Å². The highest BCUT2D eigenvalue weighted by molar-refractivity contribution is 5.98. The Labute approximate surface area is 242 Å². The number of amides is 1. The Kier molecular flexibility index (Phi) is 8.74. The maximum Gasteiger partial charge on any atom is 0.342 e. The van der Waals surface area contributed by atoms with Crippen molar-refractivity contribution in [1.29, 1.82) is 0 Å². The second-order valence-electron chi connectivity index (χ2n) is 10.8. The Morgan fingerprint density at radius 3 is 2.20 bits per heavy atom. The molecule has 2 aliphatic heterocycles. The predicted octanol–water partition coefficient (Wildman–Crippen LogP) is 5.58. The van der Waals surface area contributed by atoms with Crippen molar-refractivity contribution in [3.05, 3.63) is 106 Å². The monoisotopic (exact) mass is 554 g/mol. The fourth-order valence-electron chi connectivity index (χ4n) is 5.98. The fraction of sp³-hybridized carbons (Fsp3) is 0.353. The lowest BCUT2D eigenvalue weighted by atomic mass is 9.94. The number of hydrogen-bond donors (Lipinski definition) is 1. The summed E-state index contributed by atoms with van der Waals surface area (Å²) in [5.41, 5.74) is 5.86. The van der Waals surface area contributed by atoms with E-state index in [1.165, 1.54) is 11.1 Å². The first-order valence-corrected chi connectivity index (χ1v) is 14.2. The average molecular weight is 555 g/mol. The van der Waals surface area contributed by atoms with Crippen molar-refractivity contribution >= 4 is 11.9 Å². The third kappa shape index (κ3) is 6.00. The summed E-state index contributed by atoms with van der Waals surface area (Å²) in [4.78, 5) is 29.7. The summed E-state index contributed by atoms with van der Waals surface area (Å²) < 4.78 is 10.7. The van der Waals surface area contributed by atoms with Gasteiger partial charge in [-0.05, 0) is 43.4 Å². The first kappa shape index (κ1) is 28.4. The number of ether oxygens (including phenoxy) is 2. The van der Waals surface area contributed by atoms with Crippen LogP contribution in [0.3, 0.4) is 0 Å². The van der Waals surface area contributed by atoms with Gasteiger partial charge in [-0.15, -0.1) is 0 Å². The quantitative estimate of drug-likeness (QED) is 0.275. The SMILES string of the molecule is COc1c(C)c2c(c(O)c1CC=C(C)CCC(=O)N1CCN(C(c3ccccc3)c3ccccc3)CC1)C(=O)OC2. The van der Waals surface area contributed by atoms with Crippen LogP contribution in [-0.4, -0.2) is 60.1 Å². The van der Waals surface area contributed by atoms with Gasteiger partial charge in [0.2, 0.25) is 5.91 Å². The molecule has 0 atom stereocenters. The third-order valence-electron chi connectivity index (χ3n) is 8.30. The number of carbonyl (C=O) groups is 2. The first-order valence-electron chi connectivity index (χ1n) is 14.2. The summed E-state index contributed by atoms with van der Waals surface area (Å²) in [5.74, 6) is 0.147. The highest BCUT2D eigenvalue weighted by atomic mass is 16.5. The van der Waals surface area contributed by atoms with E-state index in [1.807, 2.05) is 37.0 Å². The van der Waals surface area contributed by atoms with E-state index in [9.17, 15) is 14.7 Å². The molecule has 0 aliphatic carbocycles. The molecule has 0 bridgehead atoms. The van der Waals surface area contributed by atoms with Gasteiger partial charge < -0.3 is 19.5 Å². The van der Waals surface area contributed by atoms with Crippen LogP contribution in [0, 0.1) is 6.92 Å². The van der Waals surface area contributed by atoms with E-state index in [-0.39, 0.29) is 29.9 Å². The molecular weight excluding hydrogens is 516 g/mol. The van der Waals surface area contributed by atoms with Crippen LogP contribution in [0.4, 0.5) is 0 Å². The molecule has 1 N–H and O–H groups in total. The molecule has 5 rings (SSSR count). The molecule has 7 heteroatoms. The second kappa shape index (κ2) is 12.6. The van der Waals surface area contributed by atoms with Crippen LogP contribution in [0.1, 0.15) is 64.0 Å². The van der Waals surface area contributed by atoms with Crippen LogP contribution >= 0.6 is 0 Å². The normalized spacial score (nSPS) is 15.7. The summed E-state index contributed by atoms with van der Waals surface area (Å²) in [7, 11) is 1.56. The van der Waals surface area contributed by atoms with E-state index in [2.05, 4.69) is 53.4 Å². The molecule has 0 unspecified atom stereocenters. The Balaban J connectivity index is 1.19. The number of fused-ring (bicyclic) bond motifs is 1. The molecule has 0 aromatic heterocycles. The molecule has 214 valence electrons. The second-order valence-corrected chi connectivity index (χ2v) is 10.8. The smallest absolute Gasteiger partial charge is 0.342 e. The largest absolute Gasteiger partial charge is 0.507 e. The number of cyclic esters (lactones) is 1. The van der Waals surface area contributed by atoms with Crippen LogP contribution in [0.2, 0.25) is 0 Å². The van der Waals surface area contributed by atoms with Crippen molar-refractivity contribution in [3.63, 3.8) is 0 Å². The van der Waals surface area contributed by atoms with E-state index < -0.39 is 5.97 Å². The van der Waals surface area contributed by atoms with Crippen LogP contribution < -0.4 is 4.74 Å². The summed E-state index contributed by atoms with van der Waals surface area (Å²) in [6, 6.07) is 21.3. The lowest BCUT2D eigenvalue weighted by Gasteiger charge is -2.40. The molecule has 41 heavy (non-hydrogen) atoms. The average Bonchev–Trinajstić information content (AvgIpc) is 3.40. The number of esters is 1. The van der Waals surface area contributed by atoms with Gasteiger partial charge in [0, 0.05) is 43.7 Å². The van der Waals surface area contributed by atoms with Crippen molar-refractivity contribution < 1.29 is 24.2 Å². The van der Waals surface area contributed by atoms with Gasteiger partial charge in [-0.3, -0.25) is 9.69 Å².